The van der Waals surface area contributed by atoms with Gasteiger partial charge >= 0.3 is 0 Å². The van der Waals surface area contributed by atoms with E-state index in [2.05, 4.69) is 0 Å². The second kappa shape index (κ2) is 7.76. The van der Waals surface area contributed by atoms with Crippen molar-refractivity contribution in [2.75, 3.05) is 19.7 Å². The maximum Gasteiger partial charge on any atom is 0.225 e. The Morgan fingerprint density at radius 1 is 1.32 bits per heavy atom. The van der Waals surface area contributed by atoms with Crippen molar-refractivity contribution < 1.29 is 19.0 Å². The maximum atomic E-state index is 13.3. The average molecular weight is 343 g/mol. The highest BCUT2D eigenvalue weighted by atomic mass is 19.1. The largest absolute Gasteiger partial charge is 0.388 e. The van der Waals surface area contributed by atoms with Gasteiger partial charge in [0.1, 0.15) is 11.9 Å². The number of hydrogen-bond acceptors (Lipinski definition) is 3. The molecule has 4 nitrogen and oxygen atoms in total. The highest BCUT2D eigenvalue weighted by Crippen LogP contribution is 2.26. The Labute approximate surface area is 146 Å². The van der Waals surface area contributed by atoms with Crippen LogP contribution in [0.5, 0.6) is 0 Å². The van der Waals surface area contributed by atoms with Gasteiger partial charge in [-0.15, -0.1) is 0 Å². The van der Waals surface area contributed by atoms with Crippen molar-refractivity contribution in [3.8, 4) is 0 Å². The number of carbonyl (C=O) groups is 1. The lowest BCUT2D eigenvalue weighted by atomic mass is 10.0. The summed E-state index contributed by atoms with van der Waals surface area (Å²) in [5.41, 5.74) is 2.62. The molecule has 0 spiro atoms. The van der Waals surface area contributed by atoms with Gasteiger partial charge in [-0.1, -0.05) is 36.4 Å². The first-order valence-corrected chi connectivity index (χ1v) is 8.43. The van der Waals surface area contributed by atoms with Crippen LogP contribution in [0.15, 0.2) is 48.5 Å². The molecule has 0 bridgehead atoms. The zero-order chi connectivity index (χ0) is 17.8. The second-order valence-corrected chi connectivity index (χ2v) is 6.33. The lowest BCUT2D eigenvalue weighted by molar-refractivity contribution is -0.141. The summed E-state index contributed by atoms with van der Waals surface area (Å²) >= 11 is 0. The smallest absolute Gasteiger partial charge is 0.225 e. The summed E-state index contributed by atoms with van der Waals surface area (Å²) in [6, 6.07) is 13.7. The number of nitrogens with zero attached hydrogens (tertiary/aromatic N) is 1. The number of benzene rings is 2. The minimum absolute atomic E-state index is 0.0655. The predicted octanol–water partition coefficient (Wildman–Crippen LogP) is 3.16. The van der Waals surface area contributed by atoms with Crippen molar-refractivity contribution in [1.29, 1.82) is 0 Å². The van der Waals surface area contributed by atoms with E-state index >= 15 is 0 Å². The molecule has 5 heteroatoms. The molecule has 0 aliphatic carbocycles. The third-order valence-electron chi connectivity index (χ3n) is 4.56. The standard InChI is InChI=1S/C20H22FNO3/c1-14-5-2-3-8-17(14)19-13-22(9-10-25-19)20(24)12-18(23)15-6-4-7-16(21)11-15/h2-8,11,18-19,23H,9-10,12-13H2,1H3. The van der Waals surface area contributed by atoms with Crippen LogP contribution in [-0.4, -0.2) is 35.6 Å². The van der Waals surface area contributed by atoms with Crippen LogP contribution in [0, 0.1) is 12.7 Å². The van der Waals surface area contributed by atoms with E-state index in [1.54, 1.807) is 11.0 Å². The Kier molecular flexibility index (Phi) is 5.46. The highest BCUT2D eigenvalue weighted by Gasteiger charge is 2.27. The van der Waals surface area contributed by atoms with E-state index in [1.807, 2.05) is 31.2 Å². The Balaban J connectivity index is 1.65. The number of morpholine rings is 1. The van der Waals surface area contributed by atoms with Crippen molar-refractivity contribution in [3.63, 3.8) is 0 Å². The molecule has 1 amide bonds. The molecule has 3 rings (SSSR count). The molecular weight excluding hydrogens is 321 g/mol. The molecule has 0 radical (unpaired) electrons. The maximum absolute atomic E-state index is 13.3. The van der Waals surface area contributed by atoms with Crippen LogP contribution in [0.4, 0.5) is 4.39 Å². The fourth-order valence-corrected chi connectivity index (χ4v) is 3.14. The molecule has 2 aromatic carbocycles. The molecule has 132 valence electrons. The number of ether oxygens (including phenoxy) is 1. The number of carbonyl (C=O) groups excluding carboxylic acids is 1. The van der Waals surface area contributed by atoms with Gasteiger partial charge < -0.3 is 14.7 Å². The van der Waals surface area contributed by atoms with Gasteiger partial charge in [0.05, 0.1) is 25.7 Å². The summed E-state index contributed by atoms with van der Waals surface area (Å²) < 4.78 is 19.1. The summed E-state index contributed by atoms with van der Waals surface area (Å²) in [7, 11) is 0. The second-order valence-electron chi connectivity index (χ2n) is 6.33. The lowest BCUT2D eigenvalue weighted by Gasteiger charge is -2.34. The lowest BCUT2D eigenvalue weighted by Crippen LogP contribution is -2.42. The van der Waals surface area contributed by atoms with Crippen LogP contribution < -0.4 is 0 Å². The summed E-state index contributed by atoms with van der Waals surface area (Å²) in [4.78, 5) is 14.3. The Bertz CT molecular complexity index is 749. The van der Waals surface area contributed by atoms with Crippen LogP contribution in [0.1, 0.15) is 35.3 Å². The number of aliphatic hydroxyl groups excluding tert-OH is 1. The predicted molar refractivity (Wildman–Crippen MR) is 92.4 cm³/mol. The first kappa shape index (κ1) is 17.6. The third-order valence-corrected chi connectivity index (χ3v) is 4.56. The highest BCUT2D eigenvalue weighted by molar-refractivity contribution is 5.77. The fraction of sp³-hybridized carbons (Fsp3) is 0.350. The molecule has 2 aromatic rings. The molecule has 0 saturated carbocycles. The molecule has 25 heavy (non-hydrogen) atoms. The van der Waals surface area contributed by atoms with Crippen LogP contribution >= 0.6 is 0 Å². The van der Waals surface area contributed by atoms with E-state index in [1.165, 1.54) is 18.2 Å². The van der Waals surface area contributed by atoms with Crippen LogP contribution in [0.3, 0.4) is 0 Å². The van der Waals surface area contributed by atoms with E-state index < -0.39 is 11.9 Å². The monoisotopic (exact) mass is 343 g/mol. The van der Waals surface area contributed by atoms with Crippen molar-refractivity contribution in [2.24, 2.45) is 0 Å². The molecule has 2 atom stereocenters. The summed E-state index contributed by atoms with van der Waals surface area (Å²) in [6.07, 6.45) is -1.24. The minimum Gasteiger partial charge on any atom is -0.388 e. The topological polar surface area (TPSA) is 49.8 Å². The number of aryl methyl sites for hydroxylation is 1. The van der Waals surface area contributed by atoms with Crippen LogP contribution in [0.25, 0.3) is 0 Å². The molecule has 1 aliphatic heterocycles. The van der Waals surface area contributed by atoms with Crippen molar-refractivity contribution in [1.82, 2.24) is 4.90 Å². The molecule has 0 aromatic heterocycles. The zero-order valence-electron chi connectivity index (χ0n) is 14.2. The minimum atomic E-state index is -1.01. The Morgan fingerprint density at radius 3 is 2.88 bits per heavy atom. The van der Waals surface area contributed by atoms with Crippen molar-refractivity contribution >= 4 is 5.91 Å². The zero-order valence-corrected chi connectivity index (χ0v) is 14.2. The van der Waals surface area contributed by atoms with Crippen molar-refractivity contribution in [2.45, 2.75) is 25.6 Å². The van der Waals surface area contributed by atoms with E-state index in [9.17, 15) is 14.3 Å². The number of aliphatic hydroxyl groups is 1. The van der Waals surface area contributed by atoms with Gasteiger partial charge in [0.25, 0.3) is 0 Å². The molecule has 1 fully saturated rings. The van der Waals surface area contributed by atoms with Gasteiger partial charge in [0.2, 0.25) is 5.91 Å². The van der Waals surface area contributed by atoms with E-state index in [-0.39, 0.29) is 18.4 Å². The Morgan fingerprint density at radius 2 is 2.12 bits per heavy atom. The van der Waals surface area contributed by atoms with Crippen LogP contribution in [-0.2, 0) is 9.53 Å². The number of hydrogen-bond donors (Lipinski definition) is 1. The molecular formula is C20H22FNO3. The van der Waals surface area contributed by atoms with E-state index in [0.29, 0.717) is 25.3 Å². The number of rotatable bonds is 4. The SMILES string of the molecule is Cc1ccccc1C1CN(C(=O)CC(O)c2cccc(F)c2)CCO1. The van der Waals surface area contributed by atoms with E-state index in [0.717, 1.165) is 11.1 Å². The van der Waals surface area contributed by atoms with Gasteiger partial charge in [0.15, 0.2) is 0 Å². The van der Waals surface area contributed by atoms with Crippen LogP contribution in [0.2, 0.25) is 0 Å². The van der Waals surface area contributed by atoms with E-state index in [4.69, 9.17) is 4.74 Å². The van der Waals surface area contributed by atoms with Gasteiger partial charge in [-0.25, -0.2) is 4.39 Å². The van der Waals surface area contributed by atoms with Gasteiger partial charge in [0, 0.05) is 6.54 Å². The number of halogens is 1. The van der Waals surface area contributed by atoms with Gasteiger partial charge in [-0.2, -0.15) is 0 Å². The number of amides is 1. The molecule has 2 unspecified atom stereocenters. The van der Waals surface area contributed by atoms with Gasteiger partial charge in [-0.05, 0) is 35.7 Å². The molecule has 1 aliphatic rings. The quantitative estimate of drug-likeness (QED) is 0.928. The Hall–Kier alpha value is -2.24. The summed E-state index contributed by atoms with van der Waals surface area (Å²) in [6.45, 7) is 3.44. The summed E-state index contributed by atoms with van der Waals surface area (Å²) in [5.74, 6) is -0.575. The van der Waals surface area contributed by atoms with Gasteiger partial charge in [-0.3, -0.25) is 4.79 Å². The summed E-state index contributed by atoms with van der Waals surface area (Å²) in [5, 5.41) is 10.2. The first-order chi connectivity index (χ1) is 12.0. The molecule has 1 saturated heterocycles. The average Bonchev–Trinajstić information content (AvgIpc) is 2.62. The van der Waals surface area contributed by atoms with Crippen molar-refractivity contribution in [3.05, 3.63) is 71.0 Å². The molecule has 1 N–H and O–H groups in total. The normalized spacial score (nSPS) is 18.8. The third kappa shape index (κ3) is 4.24. The first-order valence-electron chi connectivity index (χ1n) is 8.43. The fourth-order valence-electron chi connectivity index (χ4n) is 3.14. The molecule has 1 heterocycles.